The van der Waals surface area contributed by atoms with E-state index < -0.39 is 0 Å². The highest BCUT2D eigenvalue weighted by Crippen LogP contribution is 2.28. The van der Waals surface area contributed by atoms with Gasteiger partial charge in [0.25, 0.3) is 5.91 Å². The number of hydrogen-bond acceptors (Lipinski definition) is 5. The quantitative estimate of drug-likeness (QED) is 0.490. The molecule has 0 bridgehead atoms. The number of hydrogen-bond donors (Lipinski definition) is 1. The van der Waals surface area contributed by atoms with Crippen molar-refractivity contribution in [2.45, 2.75) is 31.8 Å². The van der Waals surface area contributed by atoms with E-state index in [0.717, 1.165) is 11.3 Å². The minimum Gasteiger partial charge on any atom is -0.490 e. The minimum atomic E-state index is -0.193. The molecule has 0 aromatic heterocycles. The van der Waals surface area contributed by atoms with Crippen LogP contribution in [0.2, 0.25) is 0 Å². The first kappa shape index (κ1) is 20.8. The van der Waals surface area contributed by atoms with E-state index in [4.69, 9.17) is 9.47 Å². The molecule has 0 saturated heterocycles. The van der Waals surface area contributed by atoms with Crippen molar-refractivity contribution in [1.82, 2.24) is 5.43 Å². The summed E-state index contributed by atoms with van der Waals surface area (Å²) in [4.78, 5) is 12.2. The van der Waals surface area contributed by atoms with Gasteiger partial charge in [-0.1, -0.05) is 30.3 Å². The first-order valence-electron chi connectivity index (χ1n) is 9.02. The Morgan fingerprint density at radius 1 is 1.11 bits per heavy atom. The number of carbonyl (C=O) groups excluding carboxylic acids is 1. The van der Waals surface area contributed by atoms with Crippen LogP contribution in [0.1, 0.15) is 31.9 Å². The fourth-order valence-corrected chi connectivity index (χ4v) is 3.12. The highest BCUT2D eigenvalue weighted by molar-refractivity contribution is 7.99. The zero-order chi connectivity index (χ0) is 19.5. The van der Waals surface area contributed by atoms with Crippen LogP contribution in [0.15, 0.2) is 53.6 Å². The first-order valence-corrected chi connectivity index (χ1v) is 10.1. The molecule has 0 fully saturated rings. The highest BCUT2D eigenvalue weighted by Gasteiger charge is 2.12. The van der Waals surface area contributed by atoms with Crippen molar-refractivity contribution in [2.75, 3.05) is 13.2 Å². The lowest BCUT2D eigenvalue weighted by Crippen LogP contribution is -2.27. The standard InChI is InChI=1S/C21H26N2O3S/c1-4-25-19-12-11-18(13-20(19)26-5-2)14-22-23-21(24)16(3)27-15-17-9-7-6-8-10-17/h6-14,16H,4-5,15H2,1-3H3,(H,23,24)/t16-/m0/s1. The summed E-state index contributed by atoms with van der Waals surface area (Å²) in [6, 6.07) is 15.6. The number of ether oxygens (including phenoxy) is 2. The Kier molecular flexibility index (Phi) is 8.71. The van der Waals surface area contributed by atoms with Crippen molar-refractivity contribution >= 4 is 23.9 Å². The van der Waals surface area contributed by atoms with Gasteiger partial charge in [0.15, 0.2) is 11.5 Å². The number of benzene rings is 2. The summed E-state index contributed by atoms with van der Waals surface area (Å²) in [6.07, 6.45) is 1.60. The molecular weight excluding hydrogens is 360 g/mol. The van der Waals surface area contributed by atoms with Gasteiger partial charge >= 0.3 is 0 Å². The van der Waals surface area contributed by atoms with Gasteiger partial charge in [0, 0.05) is 5.75 Å². The van der Waals surface area contributed by atoms with Crippen LogP contribution < -0.4 is 14.9 Å². The lowest BCUT2D eigenvalue weighted by atomic mass is 10.2. The largest absolute Gasteiger partial charge is 0.490 e. The third-order valence-electron chi connectivity index (χ3n) is 3.67. The molecule has 0 spiro atoms. The normalized spacial score (nSPS) is 12.0. The lowest BCUT2D eigenvalue weighted by Gasteiger charge is -2.11. The van der Waals surface area contributed by atoms with Gasteiger partial charge in [0.1, 0.15) is 0 Å². The van der Waals surface area contributed by atoms with E-state index >= 15 is 0 Å². The van der Waals surface area contributed by atoms with Crippen molar-refractivity contribution in [1.29, 1.82) is 0 Å². The van der Waals surface area contributed by atoms with Gasteiger partial charge in [-0.05, 0) is 50.1 Å². The maximum absolute atomic E-state index is 12.2. The second kappa shape index (κ2) is 11.3. The Morgan fingerprint density at radius 2 is 1.81 bits per heavy atom. The van der Waals surface area contributed by atoms with Crippen LogP contribution in [0.3, 0.4) is 0 Å². The van der Waals surface area contributed by atoms with Gasteiger partial charge in [-0.25, -0.2) is 5.43 Å². The van der Waals surface area contributed by atoms with Crippen molar-refractivity contribution in [3.8, 4) is 11.5 Å². The molecule has 0 aliphatic carbocycles. The summed E-state index contributed by atoms with van der Waals surface area (Å²) in [5.41, 5.74) is 4.62. The predicted octanol–water partition coefficient (Wildman–Crippen LogP) is 4.26. The molecule has 1 atom stereocenters. The van der Waals surface area contributed by atoms with Gasteiger partial charge in [-0.15, -0.1) is 11.8 Å². The Bertz CT molecular complexity index is 750. The molecule has 6 heteroatoms. The molecule has 2 aromatic rings. The van der Waals surface area contributed by atoms with E-state index in [1.54, 1.807) is 18.0 Å². The van der Waals surface area contributed by atoms with Gasteiger partial charge in [-0.3, -0.25) is 4.79 Å². The second-order valence-electron chi connectivity index (χ2n) is 5.75. The molecule has 0 radical (unpaired) electrons. The molecule has 0 unspecified atom stereocenters. The molecule has 0 saturated carbocycles. The van der Waals surface area contributed by atoms with Gasteiger partial charge < -0.3 is 9.47 Å². The SMILES string of the molecule is CCOc1ccc(C=NNC(=O)[C@H](C)SCc2ccccc2)cc1OCC. The Hall–Kier alpha value is -2.47. The molecule has 0 aliphatic heterocycles. The predicted molar refractivity (Wildman–Crippen MR) is 112 cm³/mol. The summed E-state index contributed by atoms with van der Waals surface area (Å²) in [5, 5.41) is 3.87. The summed E-state index contributed by atoms with van der Waals surface area (Å²) >= 11 is 1.58. The maximum atomic E-state index is 12.2. The fourth-order valence-electron chi connectivity index (χ4n) is 2.28. The second-order valence-corrected chi connectivity index (χ2v) is 7.07. The average Bonchev–Trinajstić information content (AvgIpc) is 2.69. The molecular formula is C21H26N2O3S. The van der Waals surface area contributed by atoms with Crippen LogP contribution >= 0.6 is 11.8 Å². The zero-order valence-electron chi connectivity index (χ0n) is 16.0. The van der Waals surface area contributed by atoms with Crippen LogP contribution in [0.4, 0.5) is 0 Å². The average molecular weight is 387 g/mol. The van der Waals surface area contributed by atoms with Crippen LogP contribution in [-0.2, 0) is 10.5 Å². The van der Waals surface area contributed by atoms with E-state index in [-0.39, 0.29) is 11.2 Å². The summed E-state index contributed by atoms with van der Waals surface area (Å²) in [6.45, 7) is 6.85. The van der Waals surface area contributed by atoms with Gasteiger partial charge in [-0.2, -0.15) is 5.10 Å². The van der Waals surface area contributed by atoms with Crippen LogP contribution in [0.25, 0.3) is 0 Å². The third kappa shape index (κ3) is 6.98. The molecule has 0 heterocycles. The van der Waals surface area contributed by atoms with E-state index in [1.807, 2.05) is 57.2 Å². The summed E-state index contributed by atoms with van der Waals surface area (Å²) in [7, 11) is 0. The number of thioether (sulfide) groups is 1. The molecule has 1 amide bonds. The third-order valence-corrected chi connectivity index (χ3v) is 4.88. The monoisotopic (exact) mass is 386 g/mol. The molecule has 2 rings (SSSR count). The molecule has 2 aromatic carbocycles. The Morgan fingerprint density at radius 3 is 2.52 bits per heavy atom. The van der Waals surface area contributed by atoms with Gasteiger partial charge in [0.05, 0.1) is 24.7 Å². The van der Waals surface area contributed by atoms with E-state index in [2.05, 4.69) is 22.7 Å². The molecule has 144 valence electrons. The number of nitrogens with zero attached hydrogens (tertiary/aromatic N) is 1. The van der Waals surface area contributed by atoms with Crippen molar-refractivity contribution in [2.24, 2.45) is 5.10 Å². The van der Waals surface area contributed by atoms with E-state index in [1.165, 1.54) is 5.56 Å². The van der Waals surface area contributed by atoms with Crippen LogP contribution in [0, 0.1) is 0 Å². The minimum absolute atomic E-state index is 0.122. The van der Waals surface area contributed by atoms with Crippen LogP contribution in [0.5, 0.6) is 11.5 Å². The van der Waals surface area contributed by atoms with Crippen LogP contribution in [-0.4, -0.2) is 30.6 Å². The number of nitrogens with one attached hydrogen (secondary N) is 1. The van der Waals surface area contributed by atoms with Gasteiger partial charge in [0.2, 0.25) is 0 Å². The van der Waals surface area contributed by atoms with Crippen molar-refractivity contribution in [3.05, 3.63) is 59.7 Å². The lowest BCUT2D eigenvalue weighted by molar-refractivity contribution is -0.120. The molecule has 27 heavy (non-hydrogen) atoms. The fraction of sp³-hybridized carbons (Fsp3) is 0.333. The highest BCUT2D eigenvalue weighted by atomic mass is 32.2. The summed E-state index contributed by atoms with van der Waals surface area (Å²) in [5.74, 6) is 2.03. The molecule has 1 N–H and O–H groups in total. The maximum Gasteiger partial charge on any atom is 0.252 e. The van der Waals surface area contributed by atoms with E-state index in [0.29, 0.717) is 24.7 Å². The van der Waals surface area contributed by atoms with Crippen molar-refractivity contribution in [3.63, 3.8) is 0 Å². The van der Waals surface area contributed by atoms with Crippen molar-refractivity contribution < 1.29 is 14.3 Å². The summed E-state index contributed by atoms with van der Waals surface area (Å²) < 4.78 is 11.1. The number of hydrazone groups is 1. The Labute approximate surface area is 165 Å². The zero-order valence-corrected chi connectivity index (χ0v) is 16.8. The topological polar surface area (TPSA) is 59.9 Å². The smallest absolute Gasteiger partial charge is 0.252 e. The first-order chi connectivity index (χ1) is 13.1. The molecule has 0 aliphatic rings. The number of carbonyl (C=O) groups is 1. The molecule has 5 nitrogen and oxygen atoms in total. The number of rotatable bonds is 10. The Balaban J connectivity index is 1.88. The number of amides is 1. The van der Waals surface area contributed by atoms with E-state index in [9.17, 15) is 4.79 Å².